The highest BCUT2D eigenvalue weighted by molar-refractivity contribution is 6.46. The van der Waals surface area contributed by atoms with E-state index in [2.05, 4.69) is 6.58 Å². The van der Waals surface area contributed by atoms with E-state index in [0.717, 1.165) is 16.9 Å². The Morgan fingerprint density at radius 3 is 2.62 bits per heavy atom. The number of hydrogen-bond donors (Lipinski definition) is 1. The Balaban J connectivity index is 1.60. The molecule has 3 aromatic carbocycles. The molecule has 206 valence electrons. The van der Waals surface area contributed by atoms with Crippen LogP contribution >= 0.6 is 0 Å². The van der Waals surface area contributed by atoms with Gasteiger partial charge in [0.15, 0.2) is 11.5 Å². The van der Waals surface area contributed by atoms with E-state index in [1.54, 1.807) is 36.4 Å². The van der Waals surface area contributed by atoms with Crippen molar-refractivity contribution in [1.82, 2.24) is 4.90 Å². The summed E-state index contributed by atoms with van der Waals surface area (Å²) in [6.07, 6.45) is 2.94. The number of carbonyl (C=O) groups excluding carboxylic acids is 2. The van der Waals surface area contributed by atoms with Gasteiger partial charge in [0.2, 0.25) is 0 Å². The van der Waals surface area contributed by atoms with Gasteiger partial charge in [0.25, 0.3) is 11.7 Å². The molecule has 0 aromatic heterocycles. The number of rotatable bonds is 10. The van der Waals surface area contributed by atoms with Crippen LogP contribution < -0.4 is 14.2 Å². The first kappa shape index (κ1) is 27.1. The fraction of sp³-hybridized carbons (Fsp3) is 0.273. The lowest BCUT2D eigenvalue weighted by Gasteiger charge is -2.26. The monoisotopic (exact) mass is 539 g/mol. The van der Waals surface area contributed by atoms with Crippen molar-refractivity contribution in [3.8, 4) is 17.2 Å². The van der Waals surface area contributed by atoms with Crippen molar-refractivity contribution in [3.63, 3.8) is 0 Å². The third kappa shape index (κ3) is 5.32. The fourth-order valence-corrected chi connectivity index (χ4v) is 5.31. The van der Waals surface area contributed by atoms with Crippen LogP contribution in [-0.2, 0) is 22.4 Å². The number of aliphatic hydroxyl groups is 1. The molecule has 1 fully saturated rings. The number of ketones is 1. The van der Waals surface area contributed by atoms with Gasteiger partial charge in [0.05, 0.1) is 18.2 Å². The van der Waals surface area contributed by atoms with Gasteiger partial charge in [-0.2, -0.15) is 0 Å². The number of amides is 1. The Labute approximate surface area is 234 Å². The number of nitrogens with zero attached hydrogens (tertiary/aromatic N) is 1. The Morgan fingerprint density at radius 1 is 1.07 bits per heavy atom. The summed E-state index contributed by atoms with van der Waals surface area (Å²) in [6.45, 7) is 8.55. The summed E-state index contributed by atoms with van der Waals surface area (Å²) in [5.41, 5.74) is 3.15. The highest BCUT2D eigenvalue weighted by Gasteiger charge is 2.46. The van der Waals surface area contributed by atoms with Gasteiger partial charge in [-0.15, -0.1) is 0 Å². The van der Waals surface area contributed by atoms with Crippen molar-refractivity contribution in [2.45, 2.75) is 38.8 Å². The third-order valence-electron chi connectivity index (χ3n) is 7.13. The lowest BCUT2D eigenvalue weighted by atomic mass is 9.94. The van der Waals surface area contributed by atoms with E-state index in [0.29, 0.717) is 55.2 Å². The molecule has 7 heteroatoms. The fourth-order valence-electron chi connectivity index (χ4n) is 5.31. The van der Waals surface area contributed by atoms with Crippen LogP contribution in [-0.4, -0.2) is 47.6 Å². The SMILES string of the molecule is C=CCOc1ccc([C@@H]2/C(=C(\O)c3ccc4c(c3)C[C@H](C)O4)C(=O)C(=O)N2CCc2ccccc2)cc1OCC. The van der Waals surface area contributed by atoms with E-state index in [9.17, 15) is 14.7 Å². The predicted octanol–water partition coefficient (Wildman–Crippen LogP) is 5.64. The van der Waals surface area contributed by atoms with Crippen molar-refractivity contribution in [1.29, 1.82) is 0 Å². The molecule has 5 rings (SSSR count). The van der Waals surface area contributed by atoms with E-state index in [1.165, 1.54) is 4.90 Å². The summed E-state index contributed by atoms with van der Waals surface area (Å²) in [5, 5.41) is 11.6. The molecule has 2 heterocycles. The number of ether oxygens (including phenoxy) is 3. The van der Waals surface area contributed by atoms with Gasteiger partial charge in [-0.3, -0.25) is 9.59 Å². The molecule has 0 spiro atoms. The summed E-state index contributed by atoms with van der Waals surface area (Å²) in [5.74, 6) is 0.202. The molecule has 3 aromatic rings. The Kier molecular flexibility index (Phi) is 7.91. The minimum absolute atomic E-state index is 0.0368. The molecule has 40 heavy (non-hydrogen) atoms. The zero-order valence-electron chi connectivity index (χ0n) is 22.8. The number of aliphatic hydroxyl groups excluding tert-OH is 1. The molecule has 1 amide bonds. The van der Waals surface area contributed by atoms with Crippen molar-refractivity contribution in [3.05, 3.63) is 107 Å². The minimum atomic E-state index is -0.806. The van der Waals surface area contributed by atoms with Gasteiger partial charge >= 0.3 is 0 Å². The summed E-state index contributed by atoms with van der Waals surface area (Å²) in [6, 6.07) is 19.7. The molecular weight excluding hydrogens is 506 g/mol. The zero-order valence-corrected chi connectivity index (χ0v) is 22.8. The Morgan fingerprint density at radius 2 is 1.88 bits per heavy atom. The van der Waals surface area contributed by atoms with Crippen molar-refractivity contribution in [2.24, 2.45) is 0 Å². The highest BCUT2D eigenvalue weighted by atomic mass is 16.5. The Hall–Kier alpha value is -4.52. The second-order valence-corrected chi connectivity index (χ2v) is 9.92. The van der Waals surface area contributed by atoms with Crippen LogP contribution in [0.25, 0.3) is 5.76 Å². The molecule has 1 saturated heterocycles. The number of benzene rings is 3. The van der Waals surface area contributed by atoms with Crippen LogP contribution in [0, 0.1) is 0 Å². The number of carbonyl (C=O) groups is 2. The second-order valence-electron chi connectivity index (χ2n) is 9.92. The smallest absolute Gasteiger partial charge is 0.295 e. The molecule has 1 N–H and O–H groups in total. The van der Waals surface area contributed by atoms with Crippen LogP contribution in [0.2, 0.25) is 0 Å². The maximum absolute atomic E-state index is 13.5. The van der Waals surface area contributed by atoms with Gasteiger partial charge in [0.1, 0.15) is 24.2 Å². The first-order valence-electron chi connectivity index (χ1n) is 13.5. The third-order valence-corrected chi connectivity index (χ3v) is 7.13. The normalized spacial score (nSPS) is 19.3. The van der Waals surface area contributed by atoms with Gasteiger partial charge in [0, 0.05) is 18.5 Å². The predicted molar refractivity (Wildman–Crippen MR) is 153 cm³/mol. The Bertz CT molecular complexity index is 1460. The molecule has 2 aliphatic heterocycles. The largest absolute Gasteiger partial charge is 0.507 e. The average molecular weight is 540 g/mol. The lowest BCUT2D eigenvalue weighted by molar-refractivity contribution is -0.139. The van der Waals surface area contributed by atoms with Gasteiger partial charge < -0.3 is 24.2 Å². The van der Waals surface area contributed by atoms with E-state index in [1.807, 2.05) is 50.2 Å². The first-order chi connectivity index (χ1) is 19.4. The van der Waals surface area contributed by atoms with E-state index in [4.69, 9.17) is 14.2 Å². The number of fused-ring (bicyclic) bond motifs is 1. The standard InChI is InChI=1S/C33H33NO6/c1-4-17-39-27-14-11-23(20-28(27)38-5-2)30-29(31(35)24-12-13-26-25(19-24)18-21(3)40-26)32(36)33(37)34(30)16-15-22-9-7-6-8-10-22/h4,6-14,19-21,30,35H,1,5,15-18H2,2-3H3/b31-29+/t21-,30+/m0/s1. The molecule has 0 radical (unpaired) electrons. The van der Waals surface area contributed by atoms with E-state index >= 15 is 0 Å². The molecule has 0 aliphatic carbocycles. The maximum Gasteiger partial charge on any atom is 0.295 e. The summed E-state index contributed by atoms with van der Waals surface area (Å²) in [4.78, 5) is 28.5. The molecule has 0 bridgehead atoms. The van der Waals surface area contributed by atoms with Crippen molar-refractivity contribution >= 4 is 17.4 Å². The molecule has 2 atom stereocenters. The number of hydrogen-bond acceptors (Lipinski definition) is 6. The molecule has 0 saturated carbocycles. The second kappa shape index (κ2) is 11.7. The van der Waals surface area contributed by atoms with Crippen LogP contribution in [0.5, 0.6) is 17.2 Å². The van der Waals surface area contributed by atoms with Crippen LogP contribution in [0.3, 0.4) is 0 Å². The topological polar surface area (TPSA) is 85.3 Å². The quantitative estimate of drug-likeness (QED) is 0.155. The summed E-state index contributed by atoms with van der Waals surface area (Å²) < 4.78 is 17.4. The summed E-state index contributed by atoms with van der Waals surface area (Å²) in [7, 11) is 0. The minimum Gasteiger partial charge on any atom is -0.507 e. The number of Topliss-reactive ketones (excluding diaryl/α,β-unsaturated/α-hetero) is 1. The zero-order chi connectivity index (χ0) is 28.2. The van der Waals surface area contributed by atoms with Crippen molar-refractivity contribution in [2.75, 3.05) is 19.8 Å². The van der Waals surface area contributed by atoms with Crippen LogP contribution in [0.4, 0.5) is 0 Å². The van der Waals surface area contributed by atoms with Gasteiger partial charge in [-0.25, -0.2) is 0 Å². The molecule has 2 aliphatic rings. The van der Waals surface area contributed by atoms with E-state index in [-0.39, 0.29) is 17.4 Å². The van der Waals surface area contributed by atoms with Crippen LogP contribution in [0.15, 0.2) is 85.0 Å². The average Bonchev–Trinajstić information content (AvgIpc) is 3.46. The number of likely N-dealkylation sites (tertiary alicyclic amines) is 1. The molecule has 0 unspecified atom stereocenters. The molecule has 7 nitrogen and oxygen atoms in total. The maximum atomic E-state index is 13.5. The highest BCUT2D eigenvalue weighted by Crippen LogP contribution is 2.43. The van der Waals surface area contributed by atoms with Crippen molar-refractivity contribution < 1.29 is 28.9 Å². The first-order valence-corrected chi connectivity index (χ1v) is 13.5. The van der Waals surface area contributed by atoms with Gasteiger partial charge in [-0.1, -0.05) is 49.1 Å². The van der Waals surface area contributed by atoms with Crippen LogP contribution in [0.1, 0.15) is 42.1 Å². The van der Waals surface area contributed by atoms with E-state index < -0.39 is 17.7 Å². The lowest BCUT2D eigenvalue weighted by Crippen LogP contribution is -2.31. The summed E-state index contributed by atoms with van der Waals surface area (Å²) >= 11 is 0. The van der Waals surface area contributed by atoms with Gasteiger partial charge in [-0.05, 0) is 67.3 Å². The molecular formula is C33H33NO6.